The summed E-state index contributed by atoms with van der Waals surface area (Å²) in [5, 5.41) is 2.88. The lowest BCUT2D eigenvalue weighted by molar-refractivity contribution is -0.123. The Labute approximate surface area is 197 Å². The summed E-state index contributed by atoms with van der Waals surface area (Å²) in [5.41, 5.74) is 1.85. The fraction of sp³-hybridized carbons (Fsp3) is 0.208. The molecule has 3 aromatic rings. The van der Waals surface area contributed by atoms with Crippen LogP contribution in [0.5, 0.6) is 5.75 Å². The lowest BCUT2D eigenvalue weighted by Gasteiger charge is -2.16. The van der Waals surface area contributed by atoms with Crippen molar-refractivity contribution < 1.29 is 17.9 Å². The van der Waals surface area contributed by atoms with Crippen LogP contribution in [-0.2, 0) is 14.8 Å². The van der Waals surface area contributed by atoms with Crippen LogP contribution in [-0.4, -0.2) is 20.9 Å². The van der Waals surface area contributed by atoms with Crippen LogP contribution in [0.3, 0.4) is 0 Å². The fourth-order valence-electron chi connectivity index (χ4n) is 3.12. The number of carbonyl (C=O) groups is 1. The van der Waals surface area contributed by atoms with Crippen LogP contribution in [0, 0.1) is 0 Å². The molecule has 8 heteroatoms. The van der Waals surface area contributed by atoms with Gasteiger partial charge in [-0.15, -0.1) is 0 Å². The van der Waals surface area contributed by atoms with Gasteiger partial charge in [-0.1, -0.05) is 58.4 Å². The molecule has 1 amide bonds. The van der Waals surface area contributed by atoms with Gasteiger partial charge in [0.25, 0.3) is 5.91 Å². The Morgan fingerprint density at radius 2 is 1.56 bits per heavy atom. The van der Waals surface area contributed by atoms with Crippen LogP contribution in [0.2, 0.25) is 0 Å². The van der Waals surface area contributed by atoms with Gasteiger partial charge in [0, 0.05) is 10.5 Å². The van der Waals surface area contributed by atoms with E-state index in [0.29, 0.717) is 5.75 Å². The van der Waals surface area contributed by atoms with Gasteiger partial charge in [0.15, 0.2) is 6.61 Å². The molecule has 168 valence electrons. The van der Waals surface area contributed by atoms with Gasteiger partial charge in [-0.3, -0.25) is 4.79 Å². The molecule has 0 heterocycles. The summed E-state index contributed by atoms with van der Waals surface area (Å²) < 4.78 is 34.4. The first-order chi connectivity index (χ1) is 15.2. The zero-order chi connectivity index (χ0) is 23.1. The lowest BCUT2D eigenvalue weighted by Crippen LogP contribution is -2.31. The Hall–Kier alpha value is -2.68. The summed E-state index contributed by atoms with van der Waals surface area (Å²) in [6, 6.07) is 22.5. The Balaban J connectivity index is 1.54. The Morgan fingerprint density at radius 3 is 2.22 bits per heavy atom. The van der Waals surface area contributed by atoms with Gasteiger partial charge in [0.05, 0.1) is 10.9 Å². The maximum absolute atomic E-state index is 12.7. The van der Waals surface area contributed by atoms with Crippen molar-refractivity contribution in [2.75, 3.05) is 6.61 Å². The molecule has 0 aliphatic rings. The molecule has 0 aliphatic heterocycles. The molecule has 2 unspecified atom stereocenters. The molecule has 0 aliphatic carbocycles. The zero-order valence-electron chi connectivity index (χ0n) is 17.8. The first-order valence-corrected chi connectivity index (χ1v) is 12.4. The Kier molecular flexibility index (Phi) is 8.06. The van der Waals surface area contributed by atoms with E-state index in [1.165, 1.54) is 24.3 Å². The van der Waals surface area contributed by atoms with Crippen molar-refractivity contribution in [2.45, 2.75) is 30.8 Å². The predicted octanol–water partition coefficient (Wildman–Crippen LogP) is 4.74. The Morgan fingerprint density at radius 1 is 0.906 bits per heavy atom. The van der Waals surface area contributed by atoms with Crippen LogP contribution in [0.25, 0.3) is 0 Å². The third-order valence-corrected chi connectivity index (χ3v) is 6.91. The number of ether oxygens (including phenoxy) is 1. The smallest absolute Gasteiger partial charge is 0.258 e. The number of hydrogen-bond donors (Lipinski definition) is 2. The topological polar surface area (TPSA) is 84.5 Å². The number of amides is 1. The average molecular weight is 517 g/mol. The van der Waals surface area contributed by atoms with E-state index in [1.807, 2.05) is 61.5 Å². The van der Waals surface area contributed by atoms with Crippen LogP contribution in [0.15, 0.2) is 88.2 Å². The molecule has 0 fully saturated rings. The van der Waals surface area contributed by atoms with Gasteiger partial charge in [0.2, 0.25) is 10.0 Å². The second-order valence-electron chi connectivity index (χ2n) is 7.36. The maximum atomic E-state index is 12.7. The van der Waals surface area contributed by atoms with Crippen molar-refractivity contribution in [3.05, 3.63) is 94.5 Å². The Bertz CT molecular complexity index is 1150. The monoisotopic (exact) mass is 516 g/mol. The van der Waals surface area contributed by atoms with E-state index in [2.05, 4.69) is 26.0 Å². The minimum Gasteiger partial charge on any atom is -0.484 e. The van der Waals surface area contributed by atoms with Crippen molar-refractivity contribution in [1.82, 2.24) is 10.0 Å². The highest BCUT2D eigenvalue weighted by Crippen LogP contribution is 2.20. The number of benzene rings is 3. The van der Waals surface area contributed by atoms with Crippen LogP contribution >= 0.6 is 15.9 Å². The highest BCUT2D eigenvalue weighted by molar-refractivity contribution is 9.10. The van der Waals surface area contributed by atoms with E-state index in [4.69, 9.17) is 4.74 Å². The summed E-state index contributed by atoms with van der Waals surface area (Å²) in [6.07, 6.45) is 0. The fourth-order valence-corrected chi connectivity index (χ4v) is 4.77. The summed E-state index contributed by atoms with van der Waals surface area (Å²) in [4.78, 5) is 12.3. The summed E-state index contributed by atoms with van der Waals surface area (Å²) in [6.45, 7) is 3.51. The van der Waals surface area contributed by atoms with Crippen molar-refractivity contribution in [3.8, 4) is 5.75 Å². The summed E-state index contributed by atoms with van der Waals surface area (Å²) >= 11 is 3.42. The highest BCUT2D eigenvalue weighted by atomic mass is 79.9. The van der Waals surface area contributed by atoms with Gasteiger partial charge in [-0.2, -0.15) is 0 Å². The standard InChI is InChI=1S/C24H25BrN2O4S/c1-17(20-9-6-10-21(25)15-20)26-24(28)16-31-22-11-13-23(14-12-22)32(29,30)27-18(2)19-7-4-3-5-8-19/h3-15,17-18,27H,16H2,1-2H3,(H,26,28). The SMILES string of the molecule is CC(NC(=O)COc1ccc(S(=O)(=O)NC(C)c2ccccc2)cc1)c1cccc(Br)c1. The third kappa shape index (κ3) is 6.66. The molecule has 0 radical (unpaired) electrons. The molecular formula is C24H25BrN2O4S. The zero-order valence-corrected chi connectivity index (χ0v) is 20.2. The highest BCUT2D eigenvalue weighted by Gasteiger charge is 2.18. The first-order valence-electron chi connectivity index (χ1n) is 10.1. The number of rotatable bonds is 9. The van der Waals surface area contributed by atoms with Gasteiger partial charge >= 0.3 is 0 Å². The second-order valence-corrected chi connectivity index (χ2v) is 9.99. The molecule has 0 bridgehead atoms. The van der Waals surface area contributed by atoms with Crippen LogP contribution < -0.4 is 14.8 Å². The molecule has 2 atom stereocenters. The number of carbonyl (C=O) groups excluding carboxylic acids is 1. The molecule has 32 heavy (non-hydrogen) atoms. The molecule has 0 spiro atoms. The van der Waals surface area contributed by atoms with Crippen molar-refractivity contribution in [3.63, 3.8) is 0 Å². The number of sulfonamides is 1. The molecule has 0 saturated heterocycles. The van der Waals surface area contributed by atoms with E-state index in [-0.39, 0.29) is 29.5 Å². The molecular weight excluding hydrogens is 492 g/mol. The minimum absolute atomic E-state index is 0.125. The van der Waals surface area contributed by atoms with E-state index in [0.717, 1.165) is 15.6 Å². The van der Waals surface area contributed by atoms with Gasteiger partial charge in [-0.25, -0.2) is 13.1 Å². The van der Waals surface area contributed by atoms with Crippen molar-refractivity contribution in [2.24, 2.45) is 0 Å². The molecule has 3 rings (SSSR count). The minimum atomic E-state index is -3.69. The predicted molar refractivity (Wildman–Crippen MR) is 128 cm³/mol. The van der Waals surface area contributed by atoms with Gasteiger partial charge in [0.1, 0.15) is 5.75 Å². The molecule has 2 N–H and O–H groups in total. The van der Waals surface area contributed by atoms with E-state index in [1.54, 1.807) is 6.92 Å². The van der Waals surface area contributed by atoms with Crippen LogP contribution in [0.4, 0.5) is 0 Å². The van der Waals surface area contributed by atoms with Crippen LogP contribution in [0.1, 0.15) is 37.1 Å². The number of hydrogen-bond acceptors (Lipinski definition) is 4. The van der Waals surface area contributed by atoms with Crippen molar-refractivity contribution in [1.29, 1.82) is 0 Å². The molecule has 0 aromatic heterocycles. The second kappa shape index (κ2) is 10.8. The van der Waals surface area contributed by atoms with E-state index in [9.17, 15) is 13.2 Å². The normalized spacial score (nSPS) is 13.2. The average Bonchev–Trinajstić information content (AvgIpc) is 2.78. The van der Waals surface area contributed by atoms with Crippen molar-refractivity contribution >= 4 is 31.9 Å². The number of nitrogens with one attached hydrogen (secondary N) is 2. The molecule has 3 aromatic carbocycles. The summed E-state index contributed by atoms with van der Waals surface area (Å²) in [5.74, 6) is 0.137. The van der Waals surface area contributed by atoms with E-state index >= 15 is 0 Å². The van der Waals surface area contributed by atoms with E-state index < -0.39 is 10.0 Å². The van der Waals surface area contributed by atoms with Gasteiger partial charge < -0.3 is 10.1 Å². The summed E-state index contributed by atoms with van der Waals surface area (Å²) in [7, 11) is -3.69. The first kappa shape index (κ1) is 24.0. The maximum Gasteiger partial charge on any atom is 0.258 e. The third-order valence-electron chi connectivity index (χ3n) is 4.86. The lowest BCUT2D eigenvalue weighted by atomic mass is 10.1. The quantitative estimate of drug-likeness (QED) is 0.429. The molecule has 6 nitrogen and oxygen atoms in total. The number of halogens is 1. The molecule has 0 saturated carbocycles. The van der Waals surface area contributed by atoms with Gasteiger partial charge in [-0.05, 0) is 61.4 Å². The largest absolute Gasteiger partial charge is 0.484 e.